The van der Waals surface area contributed by atoms with Crippen molar-refractivity contribution in [1.29, 1.82) is 0 Å². The number of halogens is 1. The molecule has 1 aromatic heterocycles. The van der Waals surface area contributed by atoms with Crippen molar-refractivity contribution in [3.05, 3.63) is 78.1 Å². The molecule has 1 N–H and O–H groups in total. The molecule has 146 valence electrons. The second-order valence-electron chi connectivity index (χ2n) is 7.54. The van der Waals surface area contributed by atoms with Crippen molar-refractivity contribution in [3.63, 3.8) is 0 Å². The molecular formula is C23H22FN5. The number of benzene rings is 3. The van der Waals surface area contributed by atoms with Gasteiger partial charge in [0, 0.05) is 23.1 Å². The number of tetrazole rings is 1. The molecule has 0 spiro atoms. The third kappa shape index (κ3) is 3.40. The molecule has 0 bridgehead atoms. The Hall–Kier alpha value is -3.12. The van der Waals surface area contributed by atoms with E-state index < -0.39 is 0 Å². The first-order valence-electron chi connectivity index (χ1n) is 10.0. The minimum absolute atomic E-state index is 0.192. The number of hydrogen-bond acceptors (Lipinski definition) is 4. The summed E-state index contributed by atoms with van der Waals surface area (Å²) in [6.45, 7) is 1.79. The number of hydrogen-bond donors (Lipinski definition) is 1. The van der Waals surface area contributed by atoms with E-state index in [1.54, 1.807) is 4.80 Å². The Morgan fingerprint density at radius 1 is 1.00 bits per heavy atom. The quantitative estimate of drug-likeness (QED) is 0.570. The van der Waals surface area contributed by atoms with Gasteiger partial charge < -0.3 is 5.32 Å². The van der Waals surface area contributed by atoms with Gasteiger partial charge in [0.1, 0.15) is 11.9 Å². The van der Waals surface area contributed by atoms with Gasteiger partial charge in [-0.05, 0) is 35.9 Å². The molecule has 0 amide bonds. The lowest BCUT2D eigenvalue weighted by Gasteiger charge is -2.30. The Labute approximate surface area is 168 Å². The summed E-state index contributed by atoms with van der Waals surface area (Å²) in [7, 11) is 0. The van der Waals surface area contributed by atoms with E-state index in [1.807, 2.05) is 66.7 Å². The van der Waals surface area contributed by atoms with Crippen molar-refractivity contribution in [3.8, 4) is 11.4 Å². The third-order valence-corrected chi connectivity index (χ3v) is 5.70. The first kappa shape index (κ1) is 17.9. The fourth-order valence-electron chi connectivity index (χ4n) is 4.24. The second kappa shape index (κ2) is 7.72. The lowest BCUT2D eigenvalue weighted by atomic mass is 9.86. The fraction of sp³-hybridized carbons (Fsp3) is 0.261. The molecule has 2 heterocycles. The lowest BCUT2D eigenvalue weighted by molar-refractivity contribution is 0.257. The monoisotopic (exact) mass is 387 g/mol. The molecule has 6 heteroatoms. The molecule has 1 fully saturated rings. The molecule has 1 aliphatic heterocycles. The van der Waals surface area contributed by atoms with Crippen molar-refractivity contribution in [2.24, 2.45) is 5.92 Å². The average molecular weight is 387 g/mol. The van der Waals surface area contributed by atoms with Crippen LogP contribution in [-0.2, 0) is 0 Å². The van der Waals surface area contributed by atoms with Gasteiger partial charge in [0.25, 0.3) is 0 Å². The van der Waals surface area contributed by atoms with Crippen LogP contribution in [0.4, 0.5) is 4.39 Å². The Bertz CT molecular complexity index is 1120. The molecule has 0 radical (unpaired) electrons. The summed E-state index contributed by atoms with van der Waals surface area (Å²) < 4.78 is 15.6. The SMILES string of the molecule is Fc1c(C(C2CCCNC2)n2nnc(-c3ccccc3)n2)ccc2ccccc12. The van der Waals surface area contributed by atoms with Crippen LogP contribution in [0, 0.1) is 11.7 Å². The fourth-order valence-corrected chi connectivity index (χ4v) is 4.24. The van der Waals surface area contributed by atoms with Gasteiger partial charge in [-0.15, -0.1) is 10.2 Å². The van der Waals surface area contributed by atoms with Crippen LogP contribution < -0.4 is 5.32 Å². The van der Waals surface area contributed by atoms with Gasteiger partial charge in [-0.3, -0.25) is 0 Å². The number of nitrogens with one attached hydrogen (secondary N) is 1. The summed E-state index contributed by atoms with van der Waals surface area (Å²) >= 11 is 0. The molecular weight excluding hydrogens is 365 g/mol. The van der Waals surface area contributed by atoms with Crippen molar-refractivity contribution in [1.82, 2.24) is 25.5 Å². The van der Waals surface area contributed by atoms with Crippen LogP contribution in [0.25, 0.3) is 22.2 Å². The highest BCUT2D eigenvalue weighted by molar-refractivity contribution is 5.83. The summed E-state index contributed by atoms with van der Waals surface area (Å²) in [6, 6.07) is 20.9. The van der Waals surface area contributed by atoms with Crippen molar-refractivity contribution in [2.75, 3.05) is 13.1 Å². The lowest BCUT2D eigenvalue weighted by Crippen LogP contribution is -2.36. The minimum atomic E-state index is -0.308. The zero-order chi connectivity index (χ0) is 19.6. The van der Waals surface area contributed by atoms with E-state index in [-0.39, 0.29) is 17.8 Å². The van der Waals surface area contributed by atoms with E-state index in [0.717, 1.165) is 36.9 Å². The maximum absolute atomic E-state index is 15.6. The first-order chi connectivity index (χ1) is 14.3. The van der Waals surface area contributed by atoms with Crippen LogP contribution in [0.2, 0.25) is 0 Å². The molecule has 1 aliphatic rings. The molecule has 5 rings (SSSR count). The van der Waals surface area contributed by atoms with E-state index >= 15 is 4.39 Å². The topological polar surface area (TPSA) is 55.6 Å². The van der Waals surface area contributed by atoms with Crippen LogP contribution in [-0.4, -0.2) is 33.3 Å². The molecule has 0 saturated carbocycles. The summed E-state index contributed by atoms with van der Waals surface area (Å²) in [5.41, 5.74) is 1.52. The highest BCUT2D eigenvalue weighted by Gasteiger charge is 2.31. The maximum Gasteiger partial charge on any atom is 0.204 e. The number of nitrogens with zero attached hydrogens (tertiary/aromatic N) is 4. The largest absolute Gasteiger partial charge is 0.316 e. The Morgan fingerprint density at radius 3 is 2.66 bits per heavy atom. The van der Waals surface area contributed by atoms with Gasteiger partial charge in [0.15, 0.2) is 0 Å². The summed E-state index contributed by atoms with van der Waals surface area (Å²) in [5.74, 6) is 0.551. The predicted octanol–water partition coefficient (Wildman–Crippen LogP) is 4.22. The van der Waals surface area contributed by atoms with E-state index in [2.05, 4.69) is 20.7 Å². The molecule has 0 aliphatic carbocycles. The zero-order valence-corrected chi connectivity index (χ0v) is 16.0. The van der Waals surface area contributed by atoms with Crippen molar-refractivity contribution < 1.29 is 4.39 Å². The Balaban J connectivity index is 1.61. The Morgan fingerprint density at radius 2 is 1.83 bits per heavy atom. The molecule has 3 aromatic carbocycles. The third-order valence-electron chi connectivity index (χ3n) is 5.70. The van der Waals surface area contributed by atoms with Crippen molar-refractivity contribution in [2.45, 2.75) is 18.9 Å². The Kier molecular flexibility index (Phi) is 4.77. The van der Waals surface area contributed by atoms with Gasteiger partial charge >= 0.3 is 0 Å². The van der Waals surface area contributed by atoms with Crippen LogP contribution in [0.5, 0.6) is 0 Å². The number of aromatic nitrogens is 4. The minimum Gasteiger partial charge on any atom is -0.316 e. The van der Waals surface area contributed by atoms with Crippen LogP contribution >= 0.6 is 0 Å². The highest BCUT2D eigenvalue weighted by atomic mass is 19.1. The number of piperidine rings is 1. The standard InChI is InChI=1S/C23H22FN5/c24-21-19-11-5-4-7-16(19)12-13-20(21)22(18-10-6-14-25-15-18)29-27-23(26-28-29)17-8-2-1-3-9-17/h1-5,7-9,11-13,18,22,25H,6,10,14-15H2. The number of rotatable bonds is 4. The van der Waals surface area contributed by atoms with Crippen molar-refractivity contribution >= 4 is 10.8 Å². The molecule has 4 aromatic rings. The van der Waals surface area contributed by atoms with Gasteiger partial charge in [-0.2, -0.15) is 4.80 Å². The molecule has 2 atom stereocenters. The van der Waals surface area contributed by atoms with Gasteiger partial charge in [0.2, 0.25) is 5.82 Å². The maximum atomic E-state index is 15.6. The van der Waals surface area contributed by atoms with Crippen LogP contribution in [0.3, 0.4) is 0 Å². The predicted molar refractivity (Wildman–Crippen MR) is 111 cm³/mol. The van der Waals surface area contributed by atoms with Crippen LogP contribution in [0.15, 0.2) is 66.7 Å². The van der Waals surface area contributed by atoms with Gasteiger partial charge in [-0.25, -0.2) is 4.39 Å². The molecule has 2 unspecified atom stereocenters. The normalized spacial score (nSPS) is 18.0. The van der Waals surface area contributed by atoms with Crippen LogP contribution in [0.1, 0.15) is 24.4 Å². The second-order valence-corrected chi connectivity index (χ2v) is 7.54. The van der Waals surface area contributed by atoms with Gasteiger partial charge in [0.05, 0.1) is 0 Å². The summed E-state index contributed by atoms with van der Waals surface area (Å²) in [4.78, 5) is 1.60. The molecule has 29 heavy (non-hydrogen) atoms. The van der Waals surface area contributed by atoms with E-state index in [1.165, 1.54) is 0 Å². The summed E-state index contributed by atoms with van der Waals surface area (Å²) in [6.07, 6.45) is 2.04. The number of fused-ring (bicyclic) bond motifs is 1. The first-order valence-corrected chi connectivity index (χ1v) is 10.0. The molecule has 1 saturated heterocycles. The highest BCUT2D eigenvalue weighted by Crippen LogP contribution is 2.34. The van der Waals surface area contributed by atoms with E-state index in [9.17, 15) is 0 Å². The van der Waals surface area contributed by atoms with Gasteiger partial charge in [-0.1, -0.05) is 66.7 Å². The summed E-state index contributed by atoms with van der Waals surface area (Å²) in [5, 5.41) is 18.2. The van der Waals surface area contributed by atoms with E-state index in [0.29, 0.717) is 16.8 Å². The zero-order valence-electron chi connectivity index (χ0n) is 16.0. The molecule has 5 nitrogen and oxygen atoms in total. The van der Waals surface area contributed by atoms with E-state index in [4.69, 9.17) is 0 Å². The smallest absolute Gasteiger partial charge is 0.204 e. The average Bonchev–Trinajstić information content (AvgIpc) is 3.27.